The normalized spacial score (nSPS) is 21.7. The summed E-state index contributed by atoms with van der Waals surface area (Å²) in [5, 5.41) is 9.03. The van der Waals surface area contributed by atoms with Gasteiger partial charge in [-0.3, -0.25) is 0 Å². The van der Waals surface area contributed by atoms with E-state index in [1.165, 1.54) is 19.3 Å². The average molecular weight is 140 g/mol. The molecule has 0 bridgehead atoms. The molecule has 0 unspecified atom stereocenters. The minimum absolute atomic E-state index is 0.300. The van der Waals surface area contributed by atoms with Crippen molar-refractivity contribution in [1.82, 2.24) is 0 Å². The molecule has 0 radical (unpaired) electrons. The van der Waals surface area contributed by atoms with E-state index in [-0.39, 0.29) is 0 Å². The Morgan fingerprint density at radius 2 is 2.20 bits per heavy atom. The highest BCUT2D eigenvalue weighted by molar-refractivity contribution is 4.88. The lowest BCUT2D eigenvalue weighted by atomic mass is 9.67. The van der Waals surface area contributed by atoms with Crippen LogP contribution in [0.3, 0.4) is 0 Å². The maximum absolute atomic E-state index is 9.03. The fourth-order valence-electron chi connectivity index (χ4n) is 1.57. The van der Waals surface area contributed by atoms with Crippen molar-refractivity contribution < 1.29 is 5.11 Å². The molecule has 58 valence electrons. The Bertz CT molecular complexity index is 108. The first-order valence-corrected chi connectivity index (χ1v) is 4.05. The second kappa shape index (κ2) is 3.20. The van der Waals surface area contributed by atoms with Crippen LogP contribution in [0, 0.1) is 5.41 Å². The van der Waals surface area contributed by atoms with E-state index in [1.807, 2.05) is 6.08 Å². The van der Waals surface area contributed by atoms with Gasteiger partial charge in [-0.1, -0.05) is 12.5 Å². The summed E-state index contributed by atoms with van der Waals surface area (Å²) in [7, 11) is 0. The minimum atomic E-state index is 0.300. The van der Waals surface area contributed by atoms with Crippen LogP contribution in [0.25, 0.3) is 0 Å². The Hall–Kier alpha value is -0.300. The Morgan fingerprint density at radius 3 is 2.50 bits per heavy atom. The molecule has 1 heteroatoms. The second-order valence-electron chi connectivity index (χ2n) is 3.34. The lowest BCUT2D eigenvalue weighted by molar-refractivity contribution is 0.0371. The van der Waals surface area contributed by atoms with Crippen LogP contribution in [0.1, 0.15) is 32.1 Å². The molecule has 1 N–H and O–H groups in total. The Balaban J connectivity index is 2.26. The third-order valence-corrected chi connectivity index (χ3v) is 2.63. The van der Waals surface area contributed by atoms with Crippen molar-refractivity contribution in [2.24, 2.45) is 5.41 Å². The predicted octanol–water partition coefficient (Wildman–Crippen LogP) is 2.12. The van der Waals surface area contributed by atoms with Gasteiger partial charge in [0.25, 0.3) is 0 Å². The number of hydrogen-bond acceptors (Lipinski definition) is 1. The van der Waals surface area contributed by atoms with Crippen LogP contribution in [0.2, 0.25) is 0 Å². The molecule has 0 saturated heterocycles. The molecule has 0 aromatic heterocycles. The molecule has 1 fully saturated rings. The van der Waals surface area contributed by atoms with Crippen molar-refractivity contribution in [3.05, 3.63) is 12.7 Å². The van der Waals surface area contributed by atoms with Crippen LogP contribution in [0.5, 0.6) is 0 Å². The molecule has 1 saturated carbocycles. The van der Waals surface area contributed by atoms with Gasteiger partial charge in [0.1, 0.15) is 0 Å². The zero-order valence-electron chi connectivity index (χ0n) is 6.47. The van der Waals surface area contributed by atoms with E-state index in [0.717, 1.165) is 12.8 Å². The number of aliphatic hydroxyl groups is 1. The van der Waals surface area contributed by atoms with E-state index >= 15 is 0 Å². The maximum atomic E-state index is 9.03. The van der Waals surface area contributed by atoms with Crippen molar-refractivity contribution in [3.63, 3.8) is 0 Å². The molecule has 1 aliphatic carbocycles. The topological polar surface area (TPSA) is 20.2 Å². The average Bonchev–Trinajstić information content (AvgIpc) is 1.87. The zero-order chi connectivity index (χ0) is 7.45. The van der Waals surface area contributed by atoms with Crippen LogP contribution in [0.4, 0.5) is 0 Å². The van der Waals surface area contributed by atoms with Crippen molar-refractivity contribution in [3.8, 4) is 0 Å². The van der Waals surface area contributed by atoms with Crippen LogP contribution >= 0.6 is 0 Å². The third kappa shape index (κ3) is 1.40. The molecule has 1 nitrogen and oxygen atoms in total. The van der Waals surface area contributed by atoms with Crippen molar-refractivity contribution in [2.75, 3.05) is 6.61 Å². The van der Waals surface area contributed by atoms with Gasteiger partial charge in [0, 0.05) is 6.61 Å². The van der Waals surface area contributed by atoms with Gasteiger partial charge in [0.05, 0.1) is 0 Å². The lowest BCUT2D eigenvalue weighted by Gasteiger charge is -2.40. The molecule has 1 rings (SSSR count). The first kappa shape index (κ1) is 7.80. The molecule has 0 atom stereocenters. The molecule has 0 spiro atoms. The van der Waals surface area contributed by atoms with Crippen LogP contribution < -0.4 is 0 Å². The third-order valence-electron chi connectivity index (χ3n) is 2.63. The van der Waals surface area contributed by atoms with Crippen LogP contribution in [-0.4, -0.2) is 11.7 Å². The summed E-state index contributed by atoms with van der Waals surface area (Å²) in [6.07, 6.45) is 7.87. The Labute approximate surface area is 62.8 Å². The Morgan fingerprint density at radius 1 is 1.50 bits per heavy atom. The van der Waals surface area contributed by atoms with E-state index < -0.39 is 0 Å². The van der Waals surface area contributed by atoms with Gasteiger partial charge in [0.15, 0.2) is 0 Å². The number of hydrogen-bond donors (Lipinski definition) is 1. The highest BCUT2D eigenvalue weighted by Gasteiger charge is 2.34. The van der Waals surface area contributed by atoms with E-state index in [2.05, 4.69) is 6.58 Å². The number of rotatable bonds is 4. The monoisotopic (exact) mass is 140 g/mol. The van der Waals surface area contributed by atoms with Gasteiger partial charge in [-0.2, -0.15) is 0 Å². The lowest BCUT2D eigenvalue weighted by Crippen LogP contribution is -2.32. The van der Waals surface area contributed by atoms with Gasteiger partial charge in [0.2, 0.25) is 0 Å². The molecule has 10 heavy (non-hydrogen) atoms. The maximum Gasteiger partial charge on any atom is 0.0487 e. The summed E-state index contributed by atoms with van der Waals surface area (Å²) < 4.78 is 0. The van der Waals surface area contributed by atoms with Crippen LogP contribution in [-0.2, 0) is 0 Å². The standard InChI is InChI=1S/C9H16O/c1-2-3-5-9(8-10)6-4-7-9/h2,10H,1,3-8H2. The van der Waals surface area contributed by atoms with E-state index in [9.17, 15) is 0 Å². The van der Waals surface area contributed by atoms with Crippen molar-refractivity contribution in [1.29, 1.82) is 0 Å². The van der Waals surface area contributed by atoms with Gasteiger partial charge in [-0.15, -0.1) is 6.58 Å². The molecular formula is C9H16O. The SMILES string of the molecule is C=CCCC1(CO)CCC1. The van der Waals surface area contributed by atoms with Gasteiger partial charge in [-0.25, -0.2) is 0 Å². The zero-order valence-corrected chi connectivity index (χ0v) is 6.47. The molecule has 0 aliphatic heterocycles. The molecule has 0 aromatic rings. The fourth-order valence-corrected chi connectivity index (χ4v) is 1.57. The van der Waals surface area contributed by atoms with E-state index in [4.69, 9.17) is 5.11 Å². The van der Waals surface area contributed by atoms with Gasteiger partial charge < -0.3 is 5.11 Å². The van der Waals surface area contributed by atoms with Crippen molar-refractivity contribution >= 4 is 0 Å². The van der Waals surface area contributed by atoms with Gasteiger partial charge in [-0.05, 0) is 31.1 Å². The predicted molar refractivity (Wildman–Crippen MR) is 42.8 cm³/mol. The van der Waals surface area contributed by atoms with E-state index in [1.54, 1.807) is 0 Å². The fraction of sp³-hybridized carbons (Fsp3) is 0.778. The summed E-state index contributed by atoms with van der Waals surface area (Å²) in [5.41, 5.74) is 0.300. The first-order valence-electron chi connectivity index (χ1n) is 4.05. The molecule has 0 amide bonds. The number of aliphatic hydroxyl groups excluding tert-OH is 1. The largest absolute Gasteiger partial charge is 0.396 e. The highest BCUT2D eigenvalue weighted by atomic mass is 16.3. The minimum Gasteiger partial charge on any atom is -0.396 e. The Kier molecular flexibility index (Phi) is 2.50. The highest BCUT2D eigenvalue weighted by Crippen LogP contribution is 2.44. The molecular weight excluding hydrogens is 124 g/mol. The number of allylic oxidation sites excluding steroid dienone is 1. The summed E-state index contributed by atoms with van der Waals surface area (Å²) >= 11 is 0. The molecule has 0 heterocycles. The van der Waals surface area contributed by atoms with Gasteiger partial charge >= 0.3 is 0 Å². The molecule has 0 aromatic carbocycles. The summed E-state index contributed by atoms with van der Waals surface area (Å²) in [5.74, 6) is 0. The summed E-state index contributed by atoms with van der Waals surface area (Å²) in [6, 6.07) is 0. The first-order chi connectivity index (χ1) is 4.83. The quantitative estimate of drug-likeness (QED) is 0.593. The smallest absolute Gasteiger partial charge is 0.0487 e. The van der Waals surface area contributed by atoms with E-state index in [0.29, 0.717) is 12.0 Å². The van der Waals surface area contributed by atoms with Crippen molar-refractivity contribution in [2.45, 2.75) is 32.1 Å². The summed E-state index contributed by atoms with van der Waals surface area (Å²) in [4.78, 5) is 0. The molecule has 1 aliphatic rings. The summed E-state index contributed by atoms with van der Waals surface area (Å²) in [6.45, 7) is 4.05. The van der Waals surface area contributed by atoms with Crippen LogP contribution in [0.15, 0.2) is 12.7 Å². The second-order valence-corrected chi connectivity index (χ2v) is 3.34.